The number of amides is 1. The molecule has 2 aromatic rings. The fourth-order valence-corrected chi connectivity index (χ4v) is 5.47. The first kappa shape index (κ1) is 15.0. The Kier molecular flexibility index (Phi) is 4.61. The molecule has 2 unspecified atom stereocenters. The fourth-order valence-electron chi connectivity index (χ4n) is 2.57. The quantitative estimate of drug-likeness (QED) is 0.796. The normalized spacial score (nSPS) is 19.9. The number of carbonyl (C=O) groups excluding carboxylic acids is 1. The monoisotopic (exact) mass is 339 g/mol. The lowest BCUT2D eigenvalue weighted by molar-refractivity contribution is -0.131. The third-order valence-electron chi connectivity index (χ3n) is 3.54. The van der Waals surface area contributed by atoms with Crippen LogP contribution in [0.2, 0.25) is 0 Å². The van der Waals surface area contributed by atoms with E-state index in [1.165, 1.54) is 16.6 Å². The van der Waals surface area contributed by atoms with Crippen LogP contribution >= 0.6 is 34.4 Å². The molecule has 7 heteroatoms. The minimum Gasteiger partial charge on any atom is -0.334 e. The summed E-state index contributed by atoms with van der Waals surface area (Å²) in [5, 5.41) is 11.0. The molecule has 0 bridgehead atoms. The summed E-state index contributed by atoms with van der Waals surface area (Å²) < 4.78 is 0.875. The first-order valence-electron chi connectivity index (χ1n) is 6.96. The van der Waals surface area contributed by atoms with E-state index in [4.69, 9.17) is 0 Å². The Morgan fingerprint density at radius 1 is 1.52 bits per heavy atom. The van der Waals surface area contributed by atoms with Crippen molar-refractivity contribution < 1.29 is 4.79 Å². The predicted octanol–water partition coefficient (Wildman–Crippen LogP) is 3.75. The molecule has 21 heavy (non-hydrogen) atoms. The van der Waals surface area contributed by atoms with Crippen LogP contribution < -0.4 is 0 Å². The molecule has 0 saturated carbocycles. The van der Waals surface area contributed by atoms with E-state index < -0.39 is 0 Å². The average molecular weight is 340 g/mol. The predicted molar refractivity (Wildman–Crippen MR) is 88.0 cm³/mol. The van der Waals surface area contributed by atoms with Crippen molar-refractivity contribution in [3.63, 3.8) is 0 Å². The van der Waals surface area contributed by atoms with Gasteiger partial charge in [-0.05, 0) is 38.1 Å². The smallest absolute Gasteiger partial charge is 0.236 e. The second kappa shape index (κ2) is 6.46. The first-order valence-corrected chi connectivity index (χ1v) is 9.53. The summed E-state index contributed by atoms with van der Waals surface area (Å²) in [5.41, 5.74) is 0. The molecule has 0 aliphatic carbocycles. The van der Waals surface area contributed by atoms with Crippen molar-refractivity contribution in [1.29, 1.82) is 0 Å². The highest BCUT2D eigenvalue weighted by Gasteiger charge is 2.33. The summed E-state index contributed by atoms with van der Waals surface area (Å²) in [6.45, 7) is 4.76. The summed E-state index contributed by atoms with van der Waals surface area (Å²) in [6.07, 6.45) is 2.16. The van der Waals surface area contributed by atoms with Gasteiger partial charge in [-0.3, -0.25) is 4.79 Å². The first-order chi connectivity index (χ1) is 10.1. The Bertz CT molecular complexity index is 611. The highest BCUT2D eigenvalue weighted by molar-refractivity contribution is 8.02. The number of thiophene rings is 1. The van der Waals surface area contributed by atoms with E-state index in [1.807, 2.05) is 18.7 Å². The van der Waals surface area contributed by atoms with Crippen molar-refractivity contribution in [3.8, 4) is 0 Å². The van der Waals surface area contributed by atoms with Crippen LogP contribution in [0.1, 0.15) is 35.7 Å². The van der Waals surface area contributed by atoms with E-state index in [9.17, 15) is 4.79 Å². The lowest BCUT2D eigenvalue weighted by Crippen LogP contribution is -2.35. The number of rotatable bonds is 4. The van der Waals surface area contributed by atoms with E-state index in [0.29, 0.717) is 0 Å². The molecule has 1 saturated heterocycles. The number of thioether (sulfide) groups is 1. The number of carbonyl (C=O) groups is 1. The third-order valence-corrected chi connectivity index (χ3v) is 6.52. The highest BCUT2D eigenvalue weighted by atomic mass is 32.2. The van der Waals surface area contributed by atoms with E-state index in [0.717, 1.165) is 28.7 Å². The third kappa shape index (κ3) is 3.30. The van der Waals surface area contributed by atoms with Crippen LogP contribution in [-0.2, 0) is 4.79 Å². The van der Waals surface area contributed by atoms with Gasteiger partial charge in [0.05, 0.1) is 11.3 Å². The minimum atomic E-state index is -0.113. The zero-order chi connectivity index (χ0) is 14.8. The Morgan fingerprint density at radius 2 is 2.38 bits per heavy atom. The van der Waals surface area contributed by atoms with Crippen LogP contribution in [0.3, 0.4) is 0 Å². The van der Waals surface area contributed by atoms with Crippen molar-refractivity contribution in [1.82, 2.24) is 15.1 Å². The second-order valence-corrected chi connectivity index (χ2v) is 8.80. The molecule has 0 radical (unpaired) electrons. The van der Waals surface area contributed by atoms with Crippen molar-refractivity contribution in [2.45, 2.75) is 42.3 Å². The van der Waals surface area contributed by atoms with Gasteiger partial charge in [0.1, 0.15) is 5.01 Å². The Hall–Kier alpha value is -0.920. The van der Waals surface area contributed by atoms with Crippen LogP contribution in [0.15, 0.2) is 21.9 Å². The Morgan fingerprint density at radius 3 is 3.05 bits per heavy atom. The number of likely N-dealkylation sites (tertiary alicyclic amines) is 1. The van der Waals surface area contributed by atoms with E-state index in [1.54, 1.807) is 22.7 Å². The summed E-state index contributed by atoms with van der Waals surface area (Å²) in [5.74, 6) is 0.212. The van der Waals surface area contributed by atoms with Crippen LogP contribution in [0, 0.1) is 6.92 Å². The molecular formula is C14H17N3OS3. The second-order valence-electron chi connectivity index (χ2n) is 5.05. The zero-order valence-corrected chi connectivity index (χ0v) is 14.4. The SMILES string of the molecule is Cc1nnc(SC(C)C(=O)N2CCCC2c2cccs2)s1. The van der Waals surface area contributed by atoms with Gasteiger partial charge in [-0.1, -0.05) is 29.2 Å². The minimum absolute atomic E-state index is 0.113. The van der Waals surface area contributed by atoms with Crippen molar-refractivity contribution in [2.75, 3.05) is 6.54 Å². The van der Waals surface area contributed by atoms with Gasteiger partial charge in [0, 0.05) is 11.4 Å². The van der Waals surface area contributed by atoms with Crippen LogP contribution in [0.25, 0.3) is 0 Å². The van der Waals surface area contributed by atoms with Gasteiger partial charge < -0.3 is 4.90 Å². The standard InChI is InChI=1S/C14H17N3OS3/c1-9(20-14-16-15-10(2)21-14)13(18)17-7-3-5-11(17)12-6-4-8-19-12/h4,6,8-9,11H,3,5,7H2,1-2H3. The zero-order valence-electron chi connectivity index (χ0n) is 12.0. The molecule has 1 aliphatic heterocycles. The highest BCUT2D eigenvalue weighted by Crippen LogP contribution is 2.37. The molecule has 3 heterocycles. The van der Waals surface area contributed by atoms with Gasteiger partial charge in [0.2, 0.25) is 5.91 Å². The van der Waals surface area contributed by atoms with E-state index in [2.05, 4.69) is 27.7 Å². The number of aromatic nitrogens is 2. The Labute approximate surface area is 136 Å². The van der Waals surface area contributed by atoms with Gasteiger partial charge >= 0.3 is 0 Å². The lowest BCUT2D eigenvalue weighted by atomic mass is 10.2. The van der Waals surface area contributed by atoms with Crippen molar-refractivity contribution >= 4 is 40.3 Å². The maximum absolute atomic E-state index is 12.7. The molecule has 1 aliphatic rings. The molecule has 1 amide bonds. The van der Waals surface area contributed by atoms with Gasteiger partial charge in [-0.2, -0.15) is 0 Å². The number of hydrogen-bond acceptors (Lipinski definition) is 6. The van der Waals surface area contributed by atoms with Crippen LogP contribution in [-0.4, -0.2) is 32.8 Å². The molecule has 0 N–H and O–H groups in total. The maximum atomic E-state index is 12.7. The Balaban J connectivity index is 1.68. The molecule has 1 fully saturated rings. The molecule has 0 spiro atoms. The summed E-state index contributed by atoms with van der Waals surface area (Å²) in [6, 6.07) is 4.45. The van der Waals surface area contributed by atoms with Crippen molar-refractivity contribution in [3.05, 3.63) is 27.4 Å². The number of nitrogens with zero attached hydrogens (tertiary/aromatic N) is 3. The summed E-state index contributed by atoms with van der Waals surface area (Å²) in [7, 11) is 0. The topological polar surface area (TPSA) is 46.1 Å². The number of hydrogen-bond donors (Lipinski definition) is 0. The van der Waals surface area contributed by atoms with Crippen LogP contribution in [0.5, 0.6) is 0 Å². The summed E-state index contributed by atoms with van der Waals surface area (Å²) >= 11 is 4.80. The fraction of sp³-hybridized carbons (Fsp3) is 0.500. The average Bonchev–Trinajstić information content (AvgIpc) is 3.18. The van der Waals surface area contributed by atoms with Gasteiger partial charge in [-0.25, -0.2) is 0 Å². The maximum Gasteiger partial charge on any atom is 0.236 e. The van der Waals surface area contributed by atoms with Crippen molar-refractivity contribution in [2.24, 2.45) is 0 Å². The molecule has 4 nitrogen and oxygen atoms in total. The molecule has 3 rings (SSSR count). The molecule has 2 aromatic heterocycles. The van der Waals surface area contributed by atoms with Gasteiger partial charge in [-0.15, -0.1) is 21.5 Å². The van der Waals surface area contributed by atoms with E-state index >= 15 is 0 Å². The summed E-state index contributed by atoms with van der Waals surface area (Å²) in [4.78, 5) is 16.1. The largest absolute Gasteiger partial charge is 0.334 e. The number of aryl methyl sites for hydroxylation is 1. The molecular weight excluding hydrogens is 322 g/mol. The molecule has 112 valence electrons. The molecule has 2 atom stereocenters. The molecule has 0 aromatic carbocycles. The van der Waals surface area contributed by atoms with E-state index in [-0.39, 0.29) is 17.2 Å². The lowest BCUT2D eigenvalue weighted by Gasteiger charge is -2.26. The van der Waals surface area contributed by atoms with Gasteiger partial charge in [0.25, 0.3) is 0 Å². The van der Waals surface area contributed by atoms with Crippen LogP contribution in [0.4, 0.5) is 0 Å². The van der Waals surface area contributed by atoms with Gasteiger partial charge in [0.15, 0.2) is 4.34 Å².